The largest absolute Gasteiger partial charge is 0.416 e. The molecule has 0 bridgehead atoms. The lowest BCUT2D eigenvalue weighted by molar-refractivity contribution is -0.143. The Kier molecular flexibility index (Phi) is 10.1. The molecule has 2 aromatic rings. The molecule has 3 amide bonds. The molecular formula is C28H32F6N4O3. The Hall–Kier alpha value is -3.61. The molecule has 224 valence electrons. The molecule has 2 aromatic carbocycles. The van der Waals surface area contributed by atoms with Crippen molar-refractivity contribution in [2.75, 3.05) is 19.6 Å². The van der Waals surface area contributed by atoms with Crippen LogP contribution in [0.2, 0.25) is 0 Å². The molecule has 41 heavy (non-hydrogen) atoms. The quantitative estimate of drug-likeness (QED) is 0.430. The van der Waals surface area contributed by atoms with E-state index >= 15 is 0 Å². The number of carbonyl (C=O) groups is 3. The molecule has 0 saturated carbocycles. The molecule has 2 atom stereocenters. The SMILES string of the molecule is CC(C)NC(=O)CN(CC(N)=O)[C@H]1CCN(C(=O)c2cc(C(F)(F)F)cc(C(F)(F)F)c2)[C@H](Cc2ccccc2)C1. The summed E-state index contributed by atoms with van der Waals surface area (Å²) in [6.07, 6.45) is -9.54. The highest BCUT2D eigenvalue weighted by Crippen LogP contribution is 2.37. The van der Waals surface area contributed by atoms with Gasteiger partial charge in [-0.1, -0.05) is 30.3 Å². The Morgan fingerprint density at radius 3 is 2.07 bits per heavy atom. The van der Waals surface area contributed by atoms with Crippen LogP contribution in [0.15, 0.2) is 48.5 Å². The number of amides is 3. The summed E-state index contributed by atoms with van der Waals surface area (Å²) < 4.78 is 80.8. The second-order valence-electron chi connectivity index (χ2n) is 10.4. The molecule has 0 aromatic heterocycles. The van der Waals surface area contributed by atoms with E-state index in [9.17, 15) is 40.7 Å². The Morgan fingerprint density at radius 1 is 0.976 bits per heavy atom. The first-order valence-electron chi connectivity index (χ1n) is 13.0. The van der Waals surface area contributed by atoms with Crippen molar-refractivity contribution in [3.63, 3.8) is 0 Å². The number of rotatable bonds is 9. The number of piperidine rings is 1. The number of alkyl halides is 6. The van der Waals surface area contributed by atoms with Gasteiger partial charge in [-0.25, -0.2) is 0 Å². The standard InChI is InChI=1S/C28H32F6N4O3/c1-17(2)36-25(40)16-37(15-24(35)39)22-8-9-38(23(14-22)10-18-6-4-3-5-7-18)26(41)19-11-20(27(29,30)31)13-21(12-19)28(32,33)34/h3-7,11-13,17,22-23H,8-10,14-16H2,1-2H3,(H2,35,39)(H,36,40)/t22-,23+/m0/s1. The van der Waals surface area contributed by atoms with Crippen molar-refractivity contribution < 1.29 is 40.7 Å². The van der Waals surface area contributed by atoms with Crippen LogP contribution in [0.3, 0.4) is 0 Å². The molecule has 3 N–H and O–H groups in total. The fraction of sp³-hybridized carbons (Fsp3) is 0.464. The van der Waals surface area contributed by atoms with Crippen molar-refractivity contribution >= 4 is 17.7 Å². The molecule has 1 saturated heterocycles. The van der Waals surface area contributed by atoms with Gasteiger partial charge >= 0.3 is 12.4 Å². The third-order valence-corrected chi connectivity index (χ3v) is 6.77. The summed E-state index contributed by atoms with van der Waals surface area (Å²) in [5.74, 6) is -1.99. The van der Waals surface area contributed by atoms with Crippen LogP contribution in [-0.4, -0.2) is 65.3 Å². The van der Waals surface area contributed by atoms with Gasteiger partial charge in [-0.3, -0.25) is 19.3 Å². The van der Waals surface area contributed by atoms with E-state index in [2.05, 4.69) is 5.32 Å². The van der Waals surface area contributed by atoms with E-state index in [-0.39, 0.29) is 56.9 Å². The van der Waals surface area contributed by atoms with E-state index in [4.69, 9.17) is 5.73 Å². The van der Waals surface area contributed by atoms with Gasteiger partial charge in [0.05, 0.1) is 24.2 Å². The Balaban J connectivity index is 1.96. The molecule has 1 fully saturated rings. The van der Waals surface area contributed by atoms with Gasteiger partial charge in [0.15, 0.2) is 0 Å². The van der Waals surface area contributed by atoms with Crippen LogP contribution in [0, 0.1) is 0 Å². The smallest absolute Gasteiger partial charge is 0.369 e. The highest BCUT2D eigenvalue weighted by atomic mass is 19.4. The number of likely N-dealkylation sites (tertiary alicyclic amines) is 1. The Labute approximate surface area is 233 Å². The molecule has 13 heteroatoms. The number of nitrogens with zero attached hydrogens (tertiary/aromatic N) is 2. The molecule has 0 spiro atoms. The summed E-state index contributed by atoms with van der Waals surface area (Å²) in [7, 11) is 0. The van der Waals surface area contributed by atoms with Crippen molar-refractivity contribution in [1.82, 2.24) is 15.1 Å². The minimum Gasteiger partial charge on any atom is -0.369 e. The van der Waals surface area contributed by atoms with Crippen LogP contribution in [-0.2, 0) is 28.4 Å². The monoisotopic (exact) mass is 586 g/mol. The van der Waals surface area contributed by atoms with Crippen molar-refractivity contribution in [2.24, 2.45) is 5.73 Å². The highest BCUT2D eigenvalue weighted by molar-refractivity contribution is 5.95. The van der Waals surface area contributed by atoms with Gasteiger partial charge in [-0.05, 0) is 56.9 Å². The Morgan fingerprint density at radius 2 is 1.56 bits per heavy atom. The third-order valence-electron chi connectivity index (χ3n) is 6.77. The second kappa shape index (κ2) is 12.9. The van der Waals surface area contributed by atoms with Gasteiger partial charge in [0, 0.05) is 30.2 Å². The zero-order valence-electron chi connectivity index (χ0n) is 22.6. The summed E-state index contributed by atoms with van der Waals surface area (Å²) in [4.78, 5) is 40.7. The molecule has 0 radical (unpaired) electrons. The molecule has 1 aliphatic heterocycles. The van der Waals surface area contributed by atoms with E-state index in [1.807, 2.05) is 0 Å². The zero-order chi connectivity index (χ0) is 30.5. The maximum atomic E-state index is 13.6. The summed E-state index contributed by atoms with van der Waals surface area (Å²) in [6, 6.07) is 8.50. The molecule has 0 unspecified atom stereocenters. The predicted molar refractivity (Wildman–Crippen MR) is 138 cm³/mol. The summed E-state index contributed by atoms with van der Waals surface area (Å²) in [6.45, 7) is 3.12. The van der Waals surface area contributed by atoms with Crippen molar-refractivity contribution in [3.8, 4) is 0 Å². The molecule has 0 aliphatic carbocycles. The van der Waals surface area contributed by atoms with Crippen LogP contribution < -0.4 is 11.1 Å². The third kappa shape index (κ3) is 8.94. The molecule has 1 heterocycles. The number of primary amides is 1. The van der Waals surface area contributed by atoms with Gasteiger partial charge in [-0.2, -0.15) is 26.3 Å². The van der Waals surface area contributed by atoms with Gasteiger partial charge in [0.2, 0.25) is 11.8 Å². The summed E-state index contributed by atoms with van der Waals surface area (Å²) in [5, 5.41) is 2.74. The minimum absolute atomic E-state index is 0.0195. The van der Waals surface area contributed by atoms with Crippen molar-refractivity contribution in [3.05, 3.63) is 70.8 Å². The number of hydrogen-bond acceptors (Lipinski definition) is 4. The van der Waals surface area contributed by atoms with Gasteiger partial charge in [-0.15, -0.1) is 0 Å². The number of hydrogen-bond donors (Lipinski definition) is 2. The van der Waals surface area contributed by atoms with Gasteiger partial charge in [0.1, 0.15) is 0 Å². The topological polar surface area (TPSA) is 95.7 Å². The van der Waals surface area contributed by atoms with Gasteiger partial charge < -0.3 is 16.0 Å². The first-order chi connectivity index (χ1) is 19.0. The van der Waals surface area contributed by atoms with E-state index in [0.29, 0.717) is 12.1 Å². The van der Waals surface area contributed by atoms with Crippen LogP contribution in [0.1, 0.15) is 53.7 Å². The van der Waals surface area contributed by atoms with Crippen LogP contribution in [0.25, 0.3) is 0 Å². The first-order valence-corrected chi connectivity index (χ1v) is 13.0. The normalized spacial score (nSPS) is 18.0. The van der Waals surface area contributed by atoms with Crippen molar-refractivity contribution in [1.29, 1.82) is 0 Å². The fourth-order valence-electron chi connectivity index (χ4n) is 5.02. The lowest BCUT2D eigenvalue weighted by Gasteiger charge is -2.43. The summed E-state index contributed by atoms with van der Waals surface area (Å²) >= 11 is 0. The molecule has 1 aliphatic rings. The first kappa shape index (κ1) is 31.9. The molecule has 7 nitrogen and oxygen atoms in total. The van der Waals surface area contributed by atoms with Crippen molar-refractivity contribution in [2.45, 2.75) is 63.6 Å². The Bertz CT molecular complexity index is 1200. The maximum Gasteiger partial charge on any atom is 0.416 e. The number of carbonyl (C=O) groups excluding carboxylic acids is 3. The molecule has 3 rings (SSSR count). The minimum atomic E-state index is -5.10. The van der Waals surface area contributed by atoms with Crippen LogP contribution in [0.5, 0.6) is 0 Å². The fourth-order valence-corrected chi connectivity index (χ4v) is 5.02. The average molecular weight is 587 g/mol. The lowest BCUT2D eigenvalue weighted by Crippen LogP contribution is -2.55. The zero-order valence-corrected chi connectivity index (χ0v) is 22.6. The number of benzene rings is 2. The van der Waals surface area contributed by atoms with E-state index < -0.39 is 52.9 Å². The second-order valence-corrected chi connectivity index (χ2v) is 10.4. The number of halogens is 6. The summed E-state index contributed by atoms with van der Waals surface area (Å²) in [5.41, 5.74) is 2.33. The van der Waals surface area contributed by atoms with E-state index in [0.717, 1.165) is 5.56 Å². The van der Waals surface area contributed by atoms with E-state index in [1.54, 1.807) is 49.1 Å². The number of nitrogens with two attached hydrogens (primary N) is 1. The number of nitrogens with one attached hydrogen (secondary N) is 1. The van der Waals surface area contributed by atoms with Crippen LogP contribution >= 0.6 is 0 Å². The highest BCUT2D eigenvalue weighted by Gasteiger charge is 2.40. The average Bonchev–Trinajstić information content (AvgIpc) is 2.86. The molecular weight excluding hydrogens is 554 g/mol. The van der Waals surface area contributed by atoms with Gasteiger partial charge in [0.25, 0.3) is 5.91 Å². The lowest BCUT2D eigenvalue weighted by atomic mass is 9.90. The van der Waals surface area contributed by atoms with Crippen LogP contribution in [0.4, 0.5) is 26.3 Å². The van der Waals surface area contributed by atoms with E-state index in [1.165, 1.54) is 4.90 Å². The predicted octanol–water partition coefficient (Wildman–Crippen LogP) is 4.25. The maximum absolute atomic E-state index is 13.6.